The molecule has 0 spiro atoms. The monoisotopic (exact) mass is 324 g/mol. The molecule has 0 N–H and O–H groups in total. The van der Waals surface area contributed by atoms with E-state index in [2.05, 4.69) is 6.92 Å². The quantitative estimate of drug-likeness (QED) is 0.373. The Balaban J connectivity index is 3.86. The zero-order chi connectivity index (χ0) is 16.3. The Labute approximate surface area is 132 Å². The van der Waals surface area contributed by atoms with Gasteiger partial charge in [0.2, 0.25) is 6.43 Å². The fourth-order valence-electron chi connectivity index (χ4n) is 1.88. The number of ether oxygens (including phenoxy) is 1. The summed E-state index contributed by atoms with van der Waals surface area (Å²) in [6, 6.07) is 0. The van der Waals surface area contributed by atoms with Crippen molar-refractivity contribution >= 4 is 17.7 Å². The molecule has 0 aromatic carbocycles. The van der Waals surface area contributed by atoms with Crippen LogP contribution in [0.2, 0.25) is 0 Å². The minimum atomic E-state index is -2.18. The molecular weight excluding hydrogens is 294 g/mol. The van der Waals surface area contributed by atoms with Crippen molar-refractivity contribution in [2.24, 2.45) is 0 Å². The van der Waals surface area contributed by atoms with Gasteiger partial charge in [0.05, 0.1) is 0 Å². The van der Waals surface area contributed by atoms with Crippen molar-refractivity contribution in [1.29, 1.82) is 0 Å². The summed E-state index contributed by atoms with van der Waals surface area (Å²) >= 11 is 1.64. The highest BCUT2D eigenvalue weighted by molar-refractivity contribution is 8.00. The second-order valence-corrected chi connectivity index (χ2v) is 7.59. The summed E-state index contributed by atoms with van der Waals surface area (Å²) in [6.45, 7) is 7.69. The van der Waals surface area contributed by atoms with E-state index < -0.39 is 12.0 Å². The van der Waals surface area contributed by atoms with Crippen molar-refractivity contribution in [2.75, 3.05) is 5.75 Å². The summed E-state index contributed by atoms with van der Waals surface area (Å²) in [5.74, 6) is 0.755. The van der Waals surface area contributed by atoms with Gasteiger partial charge in [-0.05, 0) is 45.8 Å². The highest BCUT2D eigenvalue weighted by Crippen LogP contribution is 2.22. The predicted octanol–water partition coefficient (Wildman–Crippen LogP) is 5.45. The van der Waals surface area contributed by atoms with Gasteiger partial charge in [-0.15, -0.1) is 11.8 Å². The van der Waals surface area contributed by atoms with Crippen LogP contribution in [0.5, 0.6) is 0 Å². The first-order valence-electron chi connectivity index (χ1n) is 7.89. The Morgan fingerprint density at radius 1 is 1.10 bits per heavy atom. The maximum atomic E-state index is 12.1. The summed E-state index contributed by atoms with van der Waals surface area (Å²) < 4.78 is 29.4. The summed E-state index contributed by atoms with van der Waals surface area (Å²) in [4.78, 5) is 12.1. The molecule has 0 saturated heterocycles. The molecule has 2 nitrogen and oxygen atoms in total. The number of carbonyl (C=O) groups excluding carboxylic acids is 1. The third-order valence-corrected chi connectivity index (χ3v) is 4.21. The minimum absolute atomic E-state index is 0.00348. The second kappa shape index (κ2) is 11.3. The molecule has 0 aliphatic carbocycles. The normalized spacial score (nSPS) is 13.5. The van der Waals surface area contributed by atoms with Gasteiger partial charge in [0.1, 0.15) is 10.9 Å². The van der Waals surface area contributed by atoms with Gasteiger partial charge in [0.25, 0.3) is 0 Å². The Kier molecular flexibility index (Phi) is 11.1. The van der Waals surface area contributed by atoms with E-state index in [4.69, 9.17) is 4.74 Å². The fourth-order valence-corrected chi connectivity index (χ4v) is 3.12. The molecule has 0 rings (SSSR count). The molecule has 0 radical (unpaired) electrons. The zero-order valence-corrected chi connectivity index (χ0v) is 14.6. The van der Waals surface area contributed by atoms with Crippen LogP contribution in [0, 0.1) is 0 Å². The maximum absolute atomic E-state index is 12.1. The Bertz CT molecular complexity index is 278. The number of unbranched alkanes of at least 4 members (excludes halogenated alkanes) is 3. The molecule has 0 aliphatic rings. The van der Waals surface area contributed by atoms with Crippen LogP contribution in [0.25, 0.3) is 0 Å². The third-order valence-electron chi connectivity index (χ3n) is 2.86. The summed E-state index contributed by atoms with van der Waals surface area (Å²) in [6.07, 6.45) is 2.95. The van der Waals surface area contributed by atoms with Gasteiger partial charge in [-0.3, -0.25) is 4.79 Å². The summed E-state index contributed by atoms with van der Waals surface area (Å²) in [5, 5.41) is -0.102. The number of esters is 1. The van der Waals surface area contributed by atoms with Gasteiger partial charge in [0, 0.05) is 6.42 Å². The molecule has 0 fully saturated rings. The molecule has 0 saturated carbocycles. The van der Waals surface area contributed by atoms with E-state index in [0.29, 0.717) is 6.42 Å². The van der Waals surface area contributed by atoms with Crippen molar-refractivity contribution in [3.63, 3.8) is 0 Å². The predicted molar refractivity (Wildman–Crippen MR) is 86.1 cm³/mol. The molecule has 0 aliphatic heterocycles. The number of thioether (sulfide) groups is 1. The molecule has 0 amide bonds. The molecule has 0 bridgehead atoms. The van der Waals surface area contributed by atoms with Crippen LogP contribution in [0.15, 0.2) is 0 Å². The van der Waals surface area contributed by atoms with Crippen molar-refractivity contribution < 1.29 is 18.3 Å². The van der Waals surface area contributed by atoms with Crippen molar-refractivity contribution in [1.82, 2.24) is 0 Å². The zero-order valence-electron chi connectivity index (χ0n) is 13.8. The number of hydrogen-bond acceptors (Lipinski definition) is 3. The first-order chi connectivity index (χ1) is 9.76. The Hall–Kier alpha value is -0.320. The number of rotatable bonds is 11. The van der Waals surface area contributed by atoms with E-state index >= 15 is 0 Å². The van der Waals surface area contributed by atoms with Gasteiger partial charge in [-0.2, -0.15) is 0 Å². The molecule has 126 valence electrons. The SMILES string of the molecule is CCCC(SCCCCCCC(F)F)C(=O)OC(C)(C)C. The lowest BCUT2D eigenvalue weighted by Gasteiger charge is -2.23. The van der Waals surface area contributed by atoms with Crippen molar-refractivity contribution in [2.45, 2.75) is 89.9 Å². The van der Waals surface area contributed by atoms with E-state index in [1.807, 2.05) is 20.8 Å². The number of hydrogen-bond donors (Lipinski definition) is 0. The fraction of sp³-hybridized carbons (Fsp3) is 0.938. The number of halogens is 2. The van der Waals surface area contributed by atoms with Crippen LogP contribution < -0.4 is 0 Å². The van der Waals surface area contributed by atoms with Crippen LogP contribution in [0.4, 0.5) is 8.78 Å². The minimum Gasteiger partial charge on any atom is -0.459 e. The maximum Gasteiger partial charge on any atom is 0.319 e. The lowest BCUT2D eigenvalue weighted by Crippen LogP contribution is -2.30. The number of alkyl halides is 2. The highest BCUT2D eigenvalue weighted by atomic mass is 32.2. The van der Waals surface area contributed by atoms with E-state index in [0.717, 1.165) is 37.9 Å². The van der Waals surface area contributed by atoms with Gasteiger partial charge < -0.3 is 4.74 Å². The van der Waals surface area contributed by atoms with Crippen molar-refractivity contribution in [3.8, 4) is 0 Å². The van der Waals surface area contributed by atoms with Gasteiger partial charge >= 0.3 is 5.97 Å². The third kappa shape index (κ3) is 13.1. The molecule has 0 aromatic rings. The topological polar surface area (TPSA) is 26.3 Å². The molecular formula is C16H30F2O2S. The summed E-state index contributed by atoms with van der Waals surface area (Å²) in [7, 11) is 0. The average Bonchev–Trinajstić information content (AvgIpc) is 2.33. The van der Waals surface area contributed by atoms with Crippen LogP contribution >= 0.6 is 11.8 Å². The molecule has 0 aromatic heterocycles. The van der Waals surface area contributed by atoms with E-state index in [9.17, 15) is 13.6 Å². The van der Waals surface area contributed by atoms with Crippen LogP contribution in [0.3, 0.4) is 0 Å². The van der Waals surface area contributed by atoms with Gasteiger partial charge in [0.15, 0.2) is 0 Å². The molecule has 0 heterocycles. The summed E-state index contributed by atoms with van der Waals surface area (Å²) in [5.41, 5.74) is -0.446. The molecule has 21 heavy (non-hydrogen) atoms. The average molecular weight is 324 g/mol. The van der Waals surface area contributed by atoms with Gasteiger partial charge in [-0.1, -0.05) is 26.2 Å². The first-order valence-corrected chi connectivity index (χ1v) is 8.93. The highest BCUT2D eigenvalue weighted by Gasteiger charge is 2.24. The first kappa shape index (κ1) is 20.7. The smallest absolute Gasteiger partial charge is 0.319 e. The van der Waals surface area contributed by atoms with Crippen LogP contribution in [-0.2, 0) is 9.53 Å². The molecule has 1 atom stereocenters. The number of carbonyl (C=O) groups is 1. The van der Waals surface area contributed by atoms with E-state index in [1.165, 1.54) is 0 Å². The van der Waals surface area contributed by atoms with Crippen molar-refractivity contribution in [3.05, 3.63) is 0 Å². The molecule has 5 heteroatoms. The lowest BCUT2D eigenvalue weighted by atomic mass is 10.2. The molecule has 1 unspecified atom stereocenters. The largest absolute Gasteiger partial charge is 0.459 e. The van der Waals surface area contributed by atoms with Gasteiger partial charge in [-0.25, -0.2) is 8.78 Å². The lowest BCUT2D eigenvalue weighted by molar-refractivity contribution is -0.154. The standard InChI is InChI=1S/C16H30F2O2S/c1-5-10-13(15(19)20-16(2,3)4)21-12-9-7-6-8-11-14(17)18/h13-14H,5-12H2,1-4H3. The van der Waals surface area contributed by atoms with E-state index in [-0.39, 0.29) is 17.6 Å². The Morgan fingerprint density at radius 3 is 2.24 bits per heavy atom. The second-order valence-electron chi connectivity index (χ2n) is 6.28. The van der Waals surface area contributed by atoms with E-state index in [1.54, 1.807) is 11.8 Å². The Morgan fingerprint density at radius 2 is 1.71 bits per heavy atom. The van der Waals surface area contributed by atoms with Crippen LogP contribution in [-0.4, -0.2) is 29.0 Å². The van der Waals surface area contributed by atoms with Crippen LogP contribution in [0.1, 0.15) is 72.6 Å².